The molecule has 0 fully saturated rings. The summed E-state index contributed by atoms with van der Waals surface area (Å²) in [4.78, 5) is 23.0. The molecule has 0 amide bonds. The highest BCUT2D eigenvalue weighted by Crippen LogP contribution is 2.26. The molecular formula is C20H17FN3O3+. The maximum Gasteiger partial charge on any atom is 0.269 e. The number of halogens is 1. The van der Waals surface area contributed by atoms with Gasteiger partial charge >= 0.3 is 0 Å². The van der Waals surface area contributed by atoms with Crippen molar-refractivity contribution in [3.05, 3.63) is 82.0 Å². The molecule has 2 heterocycles. The Labute approximate surface area is 154 Å². The number of aromatic nitrogens is 2. The highest BCUT2D eigenvalue weighted by Gasteiger charge is 2.30. The van der Waals surface area contributed by atoms with E-state index in [2.05, 4.69) is 4.57 Å². The zero-order valence-corrected chi connectivity index (χ0v) is 14.5. The number of nitro benzene ring substituents is 1. The molecule has 27 heavy (non-hydrogen) atoms. The van der Waals surface area contributed by atoms with Crippen LogP contribution in [0.5, 0.6) is 0 Å². The topological polar surface area (TPSA) is 69.0 Å². The molecule has 6 nitrogen and oxygen atoms in total. The molecule has 0 N–H and O–H groups in total. The van der Waals surface area contributed by atoms with Gasteiger partial charge in [-0.1, -0.05) is 0 Å². The van der Waals surface area contributed by atoms with Crippen LogP contribution >= 0.6 is 0 Å². The predicted molar refractivity (Wildman–Crippen MR) is 95.8 cm³/mol. The van der Waals surface area contributed by atoms with E-state index in [9.17, 15) is 19.3 Å². The minimum absolute atomic E-state index is 0.0475. The van der Waals surface area contributed by atoms with E-state index in [4.69, 9.17) is 0 Å². The van der Waals surface area contributed by atoms with Crippen LogP contribution in [0.3, 0.4) is 0 Å². The molecule has 2 aromatic carbocycles. The van der Waals surface area contributed by atoms with Crippen molar-refractivity contribution in [2.45, 2.75) is 25.9 Å². The number of benzene rings is 2. The Kier molecular flexibility index (Phi) is 4.27. The van der Waals surface area contributed by atoms with E-state index in [1.165, 1.54) is 36.4 Å². The molecule has 3 aromatic rings. The molecule has 0 aliphatic carbocycles. The third-order valence-corrected chi connectivity index (χ3v) is 4.85. The zero-order valence-electron chi connectivity index (χ0n) is 14.5. The van der Waals surface area contributed by atoms with Gasteiger partial charge in [0.2, 0.25) is 5.78 Å². The van der Waals surface area contributed by atoms with Gasteiger partial charge in [-0.05, 0) is 42.8 Å². The van der Waals surface area contributed by atoms with Gasteiger partial charge in [0.05, 0.1) is 17.9 Å². The Hall–Kier alpha value is -3.35. The average Bonchev–Trinajstić information content (AvgIpc) is 3.26. The fraction of sp³-hybridized carbons (Fsp3) is 0.200. The van der Waals surface area contributed by atoms with Gasteiger partial charge in [-0.25, -0.2) is 13.5 Å². The molecule has 0 saturated heterocycles. The van der Waals surface area contributed by atoms with Gasteiger partial charge in [0.25, 0.3) is 11.5 Å². The van der Waals surface area contributed by atoms with Gasteiger partial charge in [-0.2, -0.15) is 0 Å². The molecule has 0 saturated carbocycles. The van der Waals surface area contributed by atoms with Crippen molar-refractivity contribution in [3.63, 3.8) is 0 Å². The molecule has 0 radical (unpaired) electrons. The molecule has 0 atom stereocenters. The van der Waals surface area contributed by atoms with E-state index in [-0.39, 0.29) is 23.8 Å². The number of hydrogen-bond acceptors (Lipinski definition) is 3. The Morgan fingerprint density at radius 2 is 1.85 bits per heavy atom. The second-order valence-corrected chi connectivity index (χ2v) is 6.55. The zero-order chi connectivity index (χ0) is 19.0. The number of nitrogens with zero attached hydrogens (tertiary/aromatic N) is 3. The maximum absolute atomic E-state index is 13.1. The fourth-order valence-corrected chi connectivity index (χ4v) is 3.51. The predicted octanol–water partition coefficient (Wildman–Crippen LogP) is 3.32. The summed E-state index contributed by atoms with van der Waals surface area (Å²) in [6.45, 7) is 1.02. The van der Waals surface area contributed by atoms with Crippen LogP contribution in [0.1, 0.15) is 22.6 Å². The Balaban J connectivity index is 1.65. The van der Waals surface area contributed by atoms with Crippen molar-refractivity contribution in [2.75, 3.05) is 0 Å². The number of nitro groups is 1. The van der Waals surface area contributed by atoms with E-state index in [1.807, 2.05) is 10.8 Å². The van der Waals surface area contributed by atoms with Crippen LogP contribution < -0.4 is 4.57 Å². The van der Waals surface area contributed by atoms with Crippen LogP contribution in [-0.2, 0) is 19.5 Å². The molecule has 7 heteroatoms. The standard InChI is InChI=1S/C20H17FN3O3/c21-16-7-3-15(4-8-16)19(25)13-22-12-18(23-11-1-2-20(22)23)14-5-9-17(10-6-14)24(26)27/h3-10,12H,1-2,11,13H2/q+1. The minimum Gasteiger partial charge on any atom is -0.290 e. The lowest BCUT2D eigenvalue weighted by Crippen LogP contribution is -2.40. The number of fused-ring (bicyclic) bond motifs is 1. The Morgan fingerprint density at radius 1 is 1.15 bits per heavy atom. The summed E-state index contributed by atoms with van der Waals surface area (Å²) in [7, 11) is 0. The van der Waals surface area contributed by atoms with Crippen LogP contribution in [-0.4, -0.2) is 15.3 Å². The first-order valence-electron chi connectivity index (χ1n) is 8.68. The van der Waals surface area contributed by atoms with Crippen molar-refractivity contribution in [2.24, 2.45) is 0 Å². The number of Topliss-reactive ketones (excluding diaryl/α,β-unsaturated/α-hetero) is 1. The second-order valence-electron chi connectivity index (χ2n) is 6.55. The van der Waals surface area contributed by atoms with Crippen molar-refractivity contribution in [1.82, 2.24) is 4.57 Å². The third kappa shape index (κ3) is 3.23. The first-order chi connectivity index (χ1) is 13.0. The maximum atomic E-state index is 13.1. The number of hydrogen-bond donors (Lipinski definition) is 0. The van der Waals surface area contributed by atoms with Crippen LogP contribution in [0.15, 0.2) is 54.7 Å². The molecule has 0 unspecified atom stereocenters. The van der Waals surface area contributed by atoms with Gasteiger partial charge in [0.1, 0.15) is 12.0 Å². The number of carbonyl (C=O) groups is 1. The van der Waals surface area contributed by atoms with E-state index in [0.717, 1.165) is 36.5 Å². The molecular weight excluding hydrogens is 349 g/mol. The van der Waals surface area contributed by atoms with Crippen molar-refractivity contribution in [3.8, 4) is 11.3 Å². The molecule has 1 aromatic heterocycles. The van der Waals surface area contributed by atoms with E-state index in [1.54, 1.807) is 12.1 Å². The average molecular weight is 366 g/mol. The number of carbonyl (C=O) groups excluding carboxylic acids is 1. The van der Waals surface area contributed by atoms with Gasteiger partial charge in [-0.3, -0.25) is 14.9 Å². The molecule has 1 aliphatic heterocycles. The molecule has 0 bridgehead atoms. The quantitative estimate of drug-likeness (QED) is 0.301. The highest BCUT2D eigenvalue weighted by atomic mass is 19.1. The second kappa shape index (κ2) is 6.75. The van der Waals surface area contributed by atoms with Crippen LogP contribution in [0.2, 0.25) is 0 Å². The summed E-state index contributed by atoms with van der Waals surface area (Å²) >= 11 is 0. The number of rotatable bonds is 5. The summed E-state index contributed by atoms with van der Waals surface area (Å²) in [6, 6.07) is 12.0. The van der Waals surface area contributed by atoms with Gasteiger partial charge in [0.15, 0.2) is 12.2 Å². The van der Waals surface area contributed by atoms with Crippen molar-refractivity contribution >= 4 is 11.5 Å². The SMILES string of the molecule is O=C(C[n+]1cc(-c2ccc([N+](=O)[O-])cc2)n2c1CCC2)c1ccc(F)cc1. The van der Waals surface area contributed by atoms with E-state index < -0.39 is 4.92 Å². The largest absolute Gasteiger partial charge is 0.290 e. The minimum atomic E-state index is -0.423. The lowest BCUT2D eigenvalue weighted by atomic mass is 10.1. The lowest BCUT2D eigenvalue weighted by Gasteiger charge is -2.00. The summed E-state index contributed by atoms with van der Waals surface area (Å²) in [6.07, 6.45) is 3.77. The summed E-state index contributed by atoms with van der Waals surface area (Å²) in [5, 5.41) is 10.9. The Morgan fingerprint density at radius 3 is 2.52 bits per heavy atom. The summed E-state index contributed by atoms with van der Waals surface area (Å²) in [5.74, 6) is 0.596. The summed E-state index contributed by atoms with van der Waals surface area (Å²) < 4.78 is 17.1. The van der Waals surface area contributed by atoms with Crippen molar-refractivity contribution in [1.29, 1.82) is 0 Å². The van der Waals surface area contributed by atoms with Gasteiger partial charge < -0.3 is 0 Å². The smallest absolute Gasteiger partial charge is 0.269 e. The number of imidazole rings is 1. The summed E-state index contributed by atoms with van der Waals surface area (Å²) in [5.41, 5.74) is 2.33. The van der Waals surface area contributed by atoms with Crippen LogP contribution in [0, 0.1) is 15.9 Å². The number of ketones is 1. The number of non-ortho nitro benzene ring substituents is 1. The fourth-order valence-electron chi connectivity index (χ4n) is 3.51. The Bertz CT molecular complexity index is 1020. The van der Waals surface area contributed by atoms with Crippen LogP contribution in [0.25, 0.3) is 11.3 Å². The molecule has 0 spiro atoms. The van der Waals surface area contributed by atoms with Gasteiger partial charge in [-0.15, -0.1) is 0 Å². The van der Waals surface area contributed by atoms with E-state index >= 15 is 0 Å². The highest BCUT2D eigenvalue weighted by molar-refractivity contribution is 5.95. The monoisotopic (exact) mass is 366 g/mol. The third-order valence-electron chi connectivity index (χ3n) is 4.85. The molecule has 136 valence electrons. The van der Waals surface area contributed by atoms with E-state index in [0.29, 0.717) is 5.56 Å². The molecule has 1 aliphatic rings. The normalized spacial score (nSPS) is 12.8. The first kappa shape index (κ1) is 17.1. The van der Waals surface area contributed by atoms with Gasteiger partial charge in [0, 0.05) is 23.3 Å². The van der Waals surface area contributed by atoms with Crippen LogP contribution in [0.4, 0.5) is 10.1 Å². The van der Waals surface area contributed by atoms with Crippen molar-refractivity contribution < 1.29 is 18.7 Å². The molecule has 4 rings (SSSR count). The first-order valence-corrected chi connectivity index (χ1v) is 8.68. The lowest BCUT2D eigenvalue weighted by molar-refractivity contribution is -0.689.